The zero-order valence-corrected chi connectivity index (χ0v) is 18.2. The average Bonchev–Trinajstić information content (AvgIpc) is 2.78. The predicted octanol–water partition coefficient (Wildman–Crippen LogP) is 2.37. The van der Waals surface area contributed by atoms with E-state index in [-0.39, 0.29) is 6.54 Å². The molecule has 0 aromatic heterocycles. The SMILES string of the molecule is C[C@H](C(=O)NO)N(Cc1ccccc1)S(=O)ON1CCN(c2ccc(Cl)cc2)CC1. The number of halogens is 1. The largest absolute Gasteiger partial charge is 0.369 e. The van der Waals surface area contributed by atoms with Crippen molar-refractivity contribution in [1.29, 1.82) is 0 Å². The second kappa shape index (κ2) is 10.9. The number of anilines is 1. The first-order valence-electron chi connectivity index (χ1n) is 9.58. The molecule has 10 heteroatoms. The molecule has 1 amide bonds. The van der Waals surface area contributed by atoms with Gasteiger partial charge in [-0.3, -0.25) is 10.0 Å². The second-order valence-corrected chi connectivity index (χ2v) is 8.39. The van der Waals surface area contributed by atoms with Crippen molar-refractivity contribution in [1.82, 2.24) is 14.8 Å². The normalized spacial score (nSPS) is 17.0. The summed E-state index contributed by atoms with van der Waals surface area (Å²) in [6.45, 7) is 4.29. The molecule has 1 saturated heterocycles. The zero-order chi connectivity index (χ0) is 21.5. The van der Waals surface area contributed by atoms with Crippen molar-refractivity contribution in [2.75, 3.05) is 31.1 Å². The quantitative estimate of drug-likeness (QED) is 0.472. The van der Waals surface area contributed by atoms with E-state index in [0.717, 1.165) is 11.3 Å². The molecular weight excluding hydrogens is 428 g/mol. The topological polar surface area (TPSA) is 85.3 Å². The van der Waals surface area contributed by atoms with Crippen molar-refractivity contribution >= 4 is 34.5 Å². The van der Waals surface area contributed by atoms with Gasteiger partial charge in [-0.2, -0.15) is 13.7 Å². The number of carbonyl (C=O) groups is 1. The summed E-state index contributed by atoms with van der Waals surface area (Å²) < 4.78 is 20.0. The molecule has 1 unspecified atom stereocenters. The minimum atomic E-state index is -1.92. The van der Waals surface area contributed by atoms with E-state index in [1.165, 1.54) is 4.31 Å². The van der Waals surface area contributed by atoms with Crippen molar-refractivity contribution in [3.05, 3.63) is 65.2 Å². The Morgan fingerprint density at radius 3 is 2.40 bits per heavy atom. The summed E-state index contributed by atoms with van der Waals surface area (Å²) >= 11 is 4.03. The zero-order valence-electron chi connectivity index (χ0n) is 16.6. The van der Waals surface area contributed by atoms with Crippen LogP contribution >= 0.6 is 11.6 Å². The van der Waals surface area contributed by atoms with Crippen LogP contribution in [-0.2, 0) is 26.9 Å². The molecule has 0 bridgehead atoms. The molecule has 2 aromatic carbocycles. The van der Waals surface area contributed by atoms with Crippen molar-refractivity contribution in [2.24, 2.45) is 0 Å². The third-order valence-corrected chi connectivity index (χ3v) is 6.31. The van der Waals surface area contributed by atoms with Crippen molar-refractivity contribution < 1.29 is 18.5 Å². The van der Waals surface area contributed by atoms with Gasteiger partial charge in [-0.15, -0.1) is 0 Å². The van der Waals surface area contributed by atoms with Crippen molar-refractivity contribution in [3.63, 3.8) is 0 Å². The van der Waals surface area contributed by atoms with E-state index in [2.05, 4.69) is 4.90 Å². The van der Waals surface area contributed by atoms with Gasteiger partial charge >= 0.3 is 0 Å². The fourth-order valence-corrected chi connectivity index (χ4v) is 4.26. The van der Waals surface area contributed by atoms with Crippen LogP contribution in [0.15, 0.2) is 54.6 Å². The van der Waals surface area contributed by atoms with Crippen LogP contribution in [0, 0.1) is 0 Å². The Labute approximate surface area is 183 Å². The lowest BCUT2D eigenvalue weighted by molar-refractivity contribution is -0.133. The van der Waals surface area contributed by atoms with Crippen molar-refractivity contribution in [2.45, 2.75) is 19.5 Å². The van der Waals surface area contributed by atoms with Crippen LogP contribution < -0.4 is 10.4 Å². The van der Waals surface area contributed by atoms with E-state index in [4.69, 9.17) is 21.1 Å². The summed E-state index contributed by atoms with van der Waals surface area (Å²) in [6.07, 6.45) is 0. The first-order valence-corrected chi connectivity index (χ1v) is 11.0. The average molecular weight is 453 g/mol. The number of nitrogens with zero attached hydrogens (tertiary/aromatic N) is 3. The van der Waals surface area contributed by atoms with Gasteiger partial charge in [-0.25, -0.2) is 9.69 Å². The van der Waals surface area contributed by atoms with Gasteiger partial charge in [0, 0.05) is 43.4 Å². The Balaban J connectivity index is 1.61. The number of amides is 1. The van der Waals surface area contributed by atoms with E-state index < -0.39 is 23.2 Å². The van der Waals surface area contributed by atoms with Gasteiger partial charge in [0.2, 0.25) is 0 Å². The van der Waals surface area contributed by atoms with Crippen LogP contribution in [0.1, 0.15) is 12.5 Å². The maximum Gasteiger partial charge on any atom is 0.261 e. The number of hydrogen-bond donors (Lipinski definition) is 2. The molecule has 0 saturated carbocycles. The van der Waals surface area contributed by atoms with Gasteiger partial charge in [0.25, 0.3) is 17.2 Å². The maximum atomic E-state index is 12.9. The number of rotatable bonds is 8. The molecule has 1 heterocycles. The highest BCUT2D eigenvalue weighted by molar-refractivity contribution is 7.77. The Kier molecular flexibility index (Phi) is 8.20. The summed E-state index contributed by atoms with van der Waals surface area (Å²) in [7, 11) is 0. The van der Waals surface area contributed by atoms with E-state index in [1.807, 2.05) is 54.6 Å². The van der Waals surface area contributed by atoms with Gasteiger partial charge in [0.1, 0.15) is 6.04 Å². The van der Waals surface area contributed by atoms with Gasteiger partial charge in [-0.1, -0.05) is 41.9 Å². The Morgan fingerprint density at radius 1 is 1.17 bits per heavy atom. The molecule has 162 valence electrons. The minimum Gasteiger partial charge on any atom is -0.369 e. The van der Waals surface area contributed by atoms with Gasteiger partial charge in [0.05, 0.1) is 0 Å². The highest BCUT2D eigenvalue weighted by atomic mass is 35.5. The molecule has 1 aliphatic heterocycles. The van der Waals surface area contributed by atoms with Gasteiger partial charge in [0.15, 0.2) is 0 Å². The van der Waals surface area contributed by atoms with E-state index in [0.29, 0.717) is 31.2 Å². The molecule has 0 radical (unpaired) electrons. The summed E-state index contributed by atoms with van der Waals surface area (Å²) in [5.74, 6) is -0.657. The maximum absolute atomic E-state index is 12.9. The highest BCUT2D eigenvalue weighted by Crippen LogP contribution is 2.20. The molecule has 2 atom stereocenters. The Hall–Kier alpha value is -2.01. The van der Waals surface area contributed by atoms with E-state index >= 15 is 0 Å². The summed E-state index contributed by atoms with van der Waals surface area (Å²) in [5.41, 5.74) is 3.56. The van der Waals surface area contributed by atoms with Crippen LogP contribution in [0.5, 0.6) is 0 Å². The van der Waals surface area contributed by atoms with Gasteiger partial charge in [-0.05, 0) is 36.8 Å². The lowest BCUT2D eigenvalue weighted by Gasteiger charge is -2.36. The third-order valence-electron chi connectivity index (χ3n) is 4.89. The molecule has 3 rings (SSSR count). The number of hydrogen-bond acceptors (Lipinski definition) is 6. The first-order chi connectivity index (χ1) is 14.5. The number of carbonyl (C=O) groups excluding carboxylic acids is 1. The summed E-state index contributed by atoms with van der Waals surface area (Å²) in [4.78, 5) is 14.1. The molecular formula is C20H25ClN4O4S. The van der Waals surface area contributed by atoms with Crippen LogP contribution in [0.2, 0.25) is 5.02 Å². The molecule has 0 spiro atoms. The Morgan fingerprint density at radius 2 is 1.80 bits per heavy atom. The van der Waals surface area contributed by atoms with Crippen LogP contribution in [-0.4, -0.2) is 56.9 Å². The second-order valence-electron chi connectivity index (χ2n) is 6.90. The first kappa shape index (κ1) is 22.7. The lowest BCUT2D eigenvalue weighted by Crippen LogP contribution is -2.50. The van der Waals surface area contributed by atoms with E-state index in [9.17, 15) is 9.00 Å². The number of hydroxylamine groups is 3. The van der Waals surface area contributed by atoms with Gasteiger partial charge < -0.3 is 4.90 Å². The molecule has 2 aromatic rings. The fraction of sp³-hybridized carbons (Fsp3) is 0.350. The van der Waals surface area contributed by atoms with E-state index in [1.54, 1.807) is 17.5 Å². The fourth-order valence-electron chi connectivity index (χ4n) is 3.11. The molecule has 2 N–H and O–H groups in total. The van der Waals surface area contributed by atoms with Crippen LogP contribution in [0.4, 0.5) is 5.69 Å². The number of piperazine rings is 1. The monoisotopic (exact) mass is 452 g/mol. The predicted molar refractivity (Wildman–Crippen MR) is 116 cm³/mol. The highest BCUT2D eigenvalue weighted by Gasteiger charge is 2.29. The number of nitrogens with one attached hydrogen (secondary N) is 1. The minimum absolute atomic E-state index is 0.229. The molecule has 30 heavy (non-hydrogen) atoms. The summed E-state index contributed by atoms with van der Waals surface area (Å²) in [5, 5.41) is 11.3. The molecule has 1 aliphatic rings. The molecule has 1 fully saturated rings. The Bertz CT molecular complexity index is 848. The molecule has 8 nitrogen and oxygen atoms in total. The number of benzene rings is 2. The standard InChI is InChI=1S/C20H25ClN4O4S/c1-16(20(26)22-27)25(15-17-5-3-2-4-6-17)30(28)29-24-13-11-23(12-14-24)19-9-7-18(21)8-10-19/h2-10,16,27H,11-15H2,1H3,(H,22,26)/t16-,30?/m1/s1. The van der Waals surface area contributed by atoms with Crippen LogP contribution in [0.3, 0.4) is 0 Å². The third kappa shape index (κ3) is 6.00. The smallest absolute Gasteiger partial charge is 0.261 e. The van der Waals surface area contributed by atoms with Crippen LogP contribution in [0.25, 0.3) is 0 Å². The summed E-state index contributed by atoms with van der Waals surface area (Å²) in [6, 6.07) is 16.1. The lowest BCUT2D eigenvalue weighted by atomic mass is 10.2. The van der Waals surface area contributed by atoms with Crippen molar-refractivity contribution in [3.8, 4) is 0 Å². The molecule has 0 aliphatic carbocycles.